The van der Waals surface area contributed by atoms with Crippen LogP contribution >= 0.6 is 27.7 Å². The summed E-state index contributed by atoms with van der Waals surface area (Å²) < 4.78 is 5.17. The van der Waals surface area contributed by atoms with E-state index in [0.29, 0.717) is 6.42 Å². The maximum atomic E-state index is 13.1. The smallest absolute Gasteiger partial charge is 0.334 e. The van der Waals surface area contributed by atoms with Gasteiger partial charge in [-0.1, -0.05) is 52.3 Å². The van der Waals surface area contributed by atoms with E-state index < -0.39 is 10.3 Å². The quantitative estimate of drug-likeness (QED) is 0.323. The Hall–Kier alpha value is -1.27. The number of hydrogen-bond acceptors (Lipinski definition) is 4. The molecule has 2 fully saturated rings. The number of thioether (sulfide) groups is 1. The molecule has 0 aliphatic carbocycles. The Morgan fingerprint density at radius 1 is 1.42 bits per heavy atom. The average molecular weight is 410 g/mol. The number of carbonyl (C=O) groups is 2. The van der Waals surface area contributed by atoms with Gasteiger partial charge in [-0.25, -0.2) is 4.79 Å². The number of carbonyl (C=O) groups excluding carboxylic acids is 2. The van der Waals surface area contributed by atoms with Crippen molar-refractivity contribution in [1.82, 2.24) is 4.90 Å². The lowest BCUT2D eigenvalue weighted by Gasteiger charge is -2.48. The zero-order valence-electron chi connectivity index (χ0n) is 13.7. The van der Waals surface area contributed by atoms with Crippen molar-refractivity contribution in [3.63, 3.8) is 0 Å². The van der Waals surface area contributed by atoms with Crippen LogP contribution in [0.3, 0.4) is 0 Å². The van der Waals surface area contributed by atoms with E-state index >= 15 is 0 Å². The number of ether oxygens (including phenoxy) is 1. The number of alkyl halides is 1. The first-order valence-corrected chi connectivity index (χ1v) is 9.62. The predicted molar refractivity (Wildman–Crippen MR) is 98.8 cm³/mol. The molecule has 1 amide bonds. The van der Waals surface area contributed by atoms with Crippen molar-refractivity contribution in [2.75, 3.05) is 0 Å². The molecule has 2 aliphatic rings. The third-order valence-corrected chi connectivity index (χ3v) is 7.68. The standard InChI is InChI=1S/C18H20BrNO3S/c1-4-10-18(16(22)23-11-12-8-6-5-7-9-12)17(2,3)24-15-13(19)14(21)20(15)18/h4-9,13,15H,1,10-11H2,2-3H3/t13-,15-,18+/m1/s1. The molecule has 2 aliphatic heterocycles. The molecule has 2 saturated heterocycles. The topological polar surface area (TPSA) is 46.6 Å². The zero-order valence-corrected chi connectivity index (χ0v) is 16.1. The molecule has 0 radical (unpaired) electrons. The van der Waals surface area contributed by atoms with Crippen molar-refractivity contribution in [2.24, 2.45) is 0 Å². The van der Waals surface area contributed by atoms with Crippen molar-refractivity contribution < 1.29 is 14.3 Å². The van der Waals surface area contributed by atoms with Crippen LogP contribution in [0.4, 0.5) is 0 Å². The molecule has 0 aromatic heterocycles. The highest BCUT2D eigenvalue weighted by molar-refractivity contribution is 9.10. The lowest BCUT2D eigenvalue weighted by Crippen LogP contribution is -2.71. The van der Waals surface area contributed by atoms with Gasteiger partial charge in [0, 0.05) is 11.2 Å². The fourth-order valence-corrected chi connectivity index (χ4v) is 5.93. The maximum absolute atomic E-state index is 13.1. The van der Waals surface area contributed by atoms with Gasteiger partial charge < -0.3 is 9.64 Å². The van der Waals surface area contributed by atoms with Gasteiger partial charge in [0.2, 0.25) is 5.91 Å². The molecule has 0 N–H and O–H groups in total. The molecule has 1 aromatic carbocycles. The van der Waals surface area contributed by atoms with Crippen LogP contribution in [0.25, 0.3) is 0 Å². The minimum absolute atomic E-state index is 0.0447. The van der Waals surface area contributed by atoms with Crippen LogP contribution in [0.15, 0.2) is 43.0 Å². The molecule has 4 nitrogen and oxygen atoms in total. The summed E-state index contributed by atoms with van der Waals surface area (Å²) in [4.78, 5) is 27.0. The summed E-state index contributed by atoms with van der Waals surface area (Å²) >= 11 is 5.06. The van der Waals surface area contributed by atoms with E-state index in [9.17, 15) is 9.59 Å². The second kappa shape index (κ2) is 6.23. The van der Waals surface area contributed by atoms with Crippen LogP contribution in [0.1, 0.15) is 25.8 Å². The molecular formula is C18H20BrNO3S. The first kappa shape index (κ1) is 17.5. The van der Waals surface area contributed by atoms with Crippen LogP contribution < -0.4 is 0 Å². The van der Waals surface area contributed by atoms with Gasteiger partial charge in [-0.05, 0) is 19.4 Å². The number of nitrogens with zero attached hydrogens (tertiary/aromatic N) is 1. The molecule has 0 bridgehead atoms. The van der Waals surface area contributed by atoms with E-state index in [-0.39, 0.29) is 28.7 Å². The number of rotatable bonds is 5. The Kier molecular flexibility index (Phi) is 4.55. The number of amides is 1. The number of halogens is 1. The monoisotopic (exact) mass is 409 g/mol. The Labute approximate surface area is 154 Å². The second-order valence-corrected chi connectivity index (χ2v) is 9.27. The lowest BCUT2D eigenvalue weighted by molar-refractivity contribution is -0.172. The van der Waals surface area contributed by atoms with Crippen LogP contribution in [-0.4, -0.2) is 37.3 Å². The minimum Gasteiger partial charge on any atom is -0.459 e. The van der Waals surface area contributed by atoms with Gasteiger partial charge in [0.05, 0.1) is 0 Å². The molecule has 0 unspecified atom stereocenters. The summed E-state index contributed by atoms with van der Waals surface area (Å²) in [5.74, 6) is -0.421. The molecule has 0 spiro atoms. The molecule has 3 rings (SSSR count). The molecule has 24 heavy (non-hydrogen) atoms. The SMILES string of the molecule is C=CC[C@@]1(C(=O)OCc2ccccc2)N2C(=O)[C@@H](Br)[C@H]2SC1(C)C. The summed E-state index contributed by atoms with van der Waals surface area (Å²) in [7, 11) is 0. The summed E-state index contributed by atoms with van der Waals surface area (Å²) in [5.41, 5.74) is -0.0897. The third-order valence-electron chi connectivity index (χ3n) is 4.79. The zero-order chi connectivity index (χ0) is 17.5. The Balaban J connectivity index is 1.88. The normalized spacial score (nSPS) is 30.5. The van der Waals surface area contributed by atoms with Crippen molar-refractivity contribution in [1.29, 1.82) is 0 Å². The third kappa shape index (κ3) is 2.42. The number of hydrogen-bond donors (Lipinski definition) is 0. The van der Waals surface area contributed by atoms with Gasteiger partial charge >= 0.3 is 5.97 Å². The van der Waals surface area contributed by atoms with Crippen LogP contribution in [-0.2, 0) is 20.9 Å². The summed E-state index contributed by atoms with van der Waals surface area (Å²) in [6.07, 6.45) is 2.08. The van der Waals surface area contributed by atoms with Crippen molar-refractivity contribution in [3.05, 3.63) is 48.6 Å². The summed E-state index contributed by atoms with van der Waals surface area (Å²) in [6.45, 7) is 7.99. The van der Waals surface area contributed by atoms with Gasteiger partial charge in [0.1, 0.15) is 16.8 Å². The highest BCUT2D eigenvalue weighted by Gasteiger charge is 2.72. The van der Waals surface area contributed by atoms with E-state index in [0.717, 1.165) is 5.56 Å². The fourth-order valence-electron chi connectivity index (χ4n) is 3.46. The number of esters is 1. The number of benzene rings is 1. The molecule has 2 heterocycles. The molecule has 1 aromatic rings. The van der Waals surface area contributed by atoms with Crippen LogP contribution in [0.2, 0.25) is 0 Å². The number of β-lactam (4-membered cyclic amide) rings is 1. The van der Waals surface area contributed by atoms with E-state index in [1.807, 2.05) is 44.2 Å². The van der Waals surface area contributed by atoms with Crippen molar-refractivity contribution in [2.45, 2.75) is 47.4 Å². The van der Waals surface area contributed by atoms with E-state index in [1.54, 1.807) is 22.7 Å². The predicted octanol–water partition coefficient (Wildman–Crippen LogP) is 3.50. The lowest BCUT2D eigenvalue weighted by atomic mass is 9.79. The second-order valence-electron chi connectivity index (χ2n) is 6.54. The first-order valence-electron chi connectivity index (χ1n) is 7.82. The Morgan fingerprint density at radius 2 is 2.08 bits per heavy atom. The van der Waals surface area contributed by atoms with E-state index in [4.69, 9.17) is 4.74 Å². The minimum atomic E-state index is -1.01. The van der Waals surface area contributed by atoms with E-state index in [1.165, 1.54) is 0 Å². The first-order chi connectivity index (χ1) is 11.3. The van der Waals surface area contributed by atoms with Crippen molar-refractivity contribution in [3.8, 4) is 0 Å². The number of fused-ring (bicyclic) bond motifs is 1. The van der Waals surface area contributed by atoms with Gasteiger partial charge in [-0.2, -0.15) is 0 Å². The summed E-state index contributed by atoms with van der Waals surface area (Å²) in [5, 5.41) is -0.0447. The van der Waals surface area contributed by atoms with Gasteiger partial charge in [0.15, 0.2) is 5.54 Å². The molecule has 128 valence electrons. The molecular weight excluding hydrogens is 390 g/mol. The summed E-state index contributed by atoms with van der Waals surface area (Å²) in [6, 6.07) is 9.55. The Morgan fingerprint density at radius 3 is 2.71 bits per heavy atom. The highest BCUT2D eigenvalue weighted by Crippen LogP contribution is 2.59. The molecule has 0 saturated carbocycles. The largest absolute Gasteiger partial charge is 0.459 e. The van der Waals surface area contributed by atoms with Crippen LogP contribution in [0.5, 0.6) is 0 Å². The average Bonchev–Trinajstić information content (AvgIpc) is 2.79. The van der Waals surface area contributed by atoms with Gasteiger partial charge in [-0.15, -0.1) is 18.3 Å². The Bertz CT molecular complexity index is 678. The molecule has 3 atom stereocenters. The van der Waals surface area contributed by atoms with Gasteiger partial charge in [-0.3, -0.25) is 4.79 Å². The van der Waals surface area contributed by atoms with E-state index in [2.05, 4.69) is 22.5 Å². The van der Waals surface area contributed by atoms with Crippen LogP contribution in [0, 0.1) is 0 Å². The van der Waals surface area contributed by atoms with Crippen molar-refractivity contribution >= 4 is 39.6 Å². The fraction of sp³-hybridized carbons (Fsp3) is 0.444. The van der Waals surface area contributed by atoms with Gasteiger partial charge in [0.25, 0.3) is 0 Å². The highest BCUT2D eigenvalue weighted by atomic mass is 79.9. The molecule has 6 heteroatoms. The maximum Gasteiger partial charge on any atom is 0.334 e.